The zero-order valence-electron chi connectivity index (χ0n) is 12.8. The van der Waals surface area contributed by atoms with Crippen molar-refractivity contribution in [2.75, 3.05) is 13.2 Å². The molecule has 0 heterocycles. The summed E-state index contributed by atoms with van der Waals surface area (Å²) in [5.74, 6) is -1.50. The molecule has 120 valence electrons. The van der Waals surface area contributed by atoms with E-state index >= 15 is 0 Å². The van der Waals surface area contributed by atoms with E-state index in [0.29, 0.717) is 12.8 Å². The minimum absolute atomic E-state index is 0.227. The smallest absolute Gasteiger partial charge is 0.475 e. The van der Waals surface area contributed by atoms with Crippen LogP contribution in [0.5, 0.6) is 0 Å². The number of hydrogen-bond acceptors (Lipinski definition) is 5. The van der Waals surface area contributed by atoms with Crippen molar-refractivity contribution in [2.24, 2.45) is 5.92 Å². The molecule has 6 nitrogen and oxygen atoms in total. The fourth-order valence-corrected chi connectivity index (χ4v) is 2.84. The number of aliphatic carboxylic acids is 1. The van der Waals surface area contributed by atoms with Gasteiger partial charge in [0.2, 0.25) is 0 Å². The molecule has 0 aliphatic carbocycles. The Morgan fingerprint density at radius 3 is 1.85 bits per heavy atom. The van der Waals surface area contributed by atoms with E-state index in [1.165, 1.54) is 0 Å². The summed E-state index contributed by atoms with van der Waals surface area (Å²) < 4.78 is 28.0. The maximum Gasteiger partial charge on any atom is 0.475 e. The molecule has 0 aromatic carbocycles. The summed E-state index contributed by atoms with van der Waals surface area (Å²) in [4.78, 5) is 11.1. The third-order valence-corrected chi connectivity index (χ3v) is 4.07. The maximum absolute atomic E-state index is 12.5. The van der Waals surface area contributed by atoms with Crippen LogP contribution < -0.4 is 0 Å². The first-order chi connectivity index (χ1) is 9.36. The molecule has 0 amide bonds. The summed E-state index contributed by atoms with van der Waals surface area (Å²) in [5.41, 5.74) is 0. The van der Waals surface area contributed by atoms with E-state index < -0.39 is 19.9 Å². The number of rotatable bonds is 12. The Bertz CT molecular complexity index is 304. The Morgan fingerprint density at radius 2 is 1.55 bits per heavy atom. The van der Waals surface area contributed by atoms with Crippen molar-refractivity contribution in [3.05, 3.63) is 0 Å². The van der Waals surface area contributed by atoms with Crippen molar-refractivity contribution in [1.29, 1.82) is 0 Å². The van der Waals surface area contributed by atoms with Crippen LogP contribution in [-0.2, 0) is 22.9 Å². The summed E-state index contributed by atoms with van der Waals surface area (Å²) in [7, 11) is -3.82. The van der Waals surface area contributed by atoms with Crippen LogP contribution >= 0.6 is 7.82 Å². The van der Waals surface area contributed by atoms with Gasteiger partial charge in [-0.1, -0.05) is 40.5 Å². The van der Waals surface area contributed by atoms with E-state index in [-0.39, 0.29) is 19.1 Å². The molecule has 0 unspecified atom stereocenters. The van der Waals surface area contributed by atoms with Crippen molar-refractivity contribution in [2.45, 2.75) is 59.5 Å². The molecule has 0 spiro atoms. The largest absolute Gasteiger partial charge is 0.479 e. The van der Waals surface area contributed by atoms with Crippen LogP contribution in [0.1, 0.15) is 53.4 Å². The van der Waals surface area contributed by atoms with Crippen LogP contribution in [0.3, 0.4) is 0 Å². The summed E-state index contributed by atoms with van der Waals surface area (Å²) in [6, 6.07) is 0. The SMILES string of the molecule is CCCCOP(=O)(OCCCC)O[C@H](C(=O)O)C(C)C. The van der Waals surface area contributed by atoms with Gasteiger partial charge < -0.3 is 5.11 Å². The fraction of sp³-hybridized carbons (Fsp3) is 0.923. The first kappa shape index (κ1) is 19.6. The zero-order valence-corrected chi connectivity index (χ0v) is 13.7. The van der Waals surface area contributed by atoms with Gasteiger partial charge in [-0.15, -0.1) is 0 Å². The van der Waals surface area contributed by atoms with Gasteiger partial charge in [0.05, 0.1) is 13.2 Å². The van der Waals surface area contributed by atoms with E-state index in [2.05, 4.69) is 0 Å². The standard InChI is InChI=1S/C13H27O6P/c1-5-7-9-17-20(16,18-10-8-6-2)19-12(11(3)4)13(14)15/h11-12H,5-10H2,1-4H3,(H,14,15)/t12-/m0/s1. The maximum atomic E-state index is 12.5. The lowest BCUT2D eigenvalue weighted by molar-refractivity contribution is -0.148. The van der Waals surface area contributed by atoms with E-state index in [0.717, 1.165) is 12.8 Å². The molecule has 0 aromatic heterocycles. The molecule has 0 rings (SSSR count). The van der Waals surface area contributed by atoms with Crippen LogP contribution in [0.25, 0.3) is 0 Å². The first-order valence-corrected chi connectivity index (χ1v) is 8.62. The summed E-state index contributed by atoms with van der Waals surface area (Å²) >= 11 is 0. The van der Waals surface area contributed by atoms with E-state index in [9.17, 15) is 9.36 Å². The molecule has 0 radical (unpaired) electrons. The lowest BCUT2D eigenvalue weighted by atomic mass is 10.1. The second-order valence-electron chi connectivity index (χ2n) is 4.93. The van der Waals surface area contributed by atoms with Crippen molar-refractivity contribution < 1.29 is 28.0 Å². The number of carboxylic acid groups (broad SMARTS) is 1. The van der Waals surface area contributed by atoms with Crippen LogP contribution in [0.2, 0.25) is 0 Å². The van der Waals surface area contributed by atoms with Gasteiger partial charge in [-0.05, 0) is 18.8 Å². The topological polar surface area (TPSA) is 82.1 Å². The molecular weight excluding hydrogens is 283 g/mol. The Morgan fingerprint density at radius 1 is 1.10 bits per heavy atom. The molecule has 20 heavy (non-hydrogen) atoms. The normalized spacial score (nSPS) is 13.7. The predicted octanol–water partition coefficient (Wildman–Crippen LogP) is 3.85. The molecule has 0 fully saturated rings. The van der Waals surface area contributed by atoms with Gasteiger partial charge >= 0.3 is 13.8 Å². The highest BCUT2D eigenvalue weighted by atomic mass is 31.2. The molecule has 0 aliphatic rings. The van der Waals surface area contributed by atoms with Crippen LogP contribution in [-0.4, -0.2) is 30.4 Å². The number of phosphoric acid groups is 1. The van der Waals surface area contributed by atoms with E-state index in [4.69, 9.17) is 18.7 Å². The van der Waals surface area contributed by atoms with Crippen LogP contribution in [0, 0.1) is 5.92 Å². The first-order valence-electron chi connectivity index (χ1n) is 7.16. The monoisotopic (exact) mass is 310 g/mol. The molecular formula is C13H27O6P. The van der Waals surface area contributed by atoms with E-state index in [1.807, 2.05) is 13.8 Å². The highest BCUT2D eigenvalue weighted by Crippen LogP contribution is 2.51. The average Bonchev–Trinajstić information content (AvgIpc) is 2.36. The highest BCUT2D eigenvalue weighted by Gasteiger charge is 2.35. The number of hydrogen-bond donors (Lipinski definition) is 1. The summed E-state index contributed by atoms with van der Waals surface area (Å²) in [6.07, 6.45) is 1.97. The minimum Gasteiger partial charge on any atom is -0.479 e. The molecule has 0 aromatic rings. The second-order valence-corrected chi connectivity index (χ2v) is 6.55. The summed E-state index contributed by atoms with van der Waals surface area (Å²) in [6.45, 7) is 7.76. The van der Waals surface area contributed by atoms with Crippen molar-refractivity contribution in [1.82, 2.24) is 0 Å². The Hall–Kier alpha value is -0.420. The number of carboxylic acids is 1. The number of carbonyl (C=O) groups is 1. The van der Waals surface area contributed by atoms with Gasteiger partial charge in [0.1, 0.15) is 0 Å². The molecule has 1 N–H and O–H groups in total. The predicted molar refractivity (Wildman–Crippen MR) is 76.7 cm³/mol. The van der Waals surface area contributed by atoms with Crippen molar-refractivity contribution in [3.8, 4) is 0 Å². The molecule has 1 atom stereocenters. The third-order valence-electron chi connectivity index (χ3n) is 2.59. The molecule has 0 bridgehead atoms. The van der Waals surface area contributed by atoms with Gasteiger partial charge in [0.15, 0.2) is 6.10 Å². The Labute approximate surface area is 121 Å². The molecule has 0 aliphatic heterocycles. The van der Waals surface area contributed by atoms with Gasteiger partial charge in [0.25, 0.3) is 0 Å². The molecule has 0 saturated carbocycles. The quantitative estimate of drug-likeness (QED) is 0.435. The van der Waals surface area contributed by atoms with Gasteiger partial charge in [-0.25, -0.2) is 9.36 Å². The third kappa shape index (κ3) is 8.00. The van der Waals surface area contributed by atoms with Crippen molar-refractivity contribution in [3.63, 3.8) is 0 Å². The summed E-state index contributed by atoms with van der Waals surface area (Å²) in [5, 5.41) is 9.09. The highest BCUT2D eigenvalue weighted by molar-refractivity contribution is 7.48. The van der Waals surface area contributed by atoms with Gasteiger partial charge in [-0.2, -0.15) is 0 Å². The lowest BCUT2D eigenvalue weighted by Gasteiger charge is -2.23. The number of phosphoric ester groups is 1. The zero-order chi connectivity index (χ0) is 15.6. The molecule has 0 saturated heterocycles. The van der Waals surface area contributed by atoms with Gasteiger partial charge in [0, 0.05) is 0 Å². The lowest BCUT2D eigenvalue weighted by Crippen LogP contribution is -2.29. The Balaban J connectivity index is 4.71. The fourth-order valence-electron chi connectivity index (χ4n) is 1.33. The number of unbranched alkanes of at least 4 members (excludes halogenated alkanes) is 2. The van der Waals surface area contributed by atoms with Crippen molar-refractivity contribution >= 4 is 13.8 Å². The van der Waals surface area contributed by atoms with Crippen LogP contribution in [0.15, 0.2) is 0 Å². The average molecular weight is 310 g/mol. The second kappa shape index (κ2) is 10.3. The molecule has 7 heteroatoms. The minimum atomic E-state index is -3.82. The van der Waals surface area contributed by atoms with E-state index in [1.54, 1.807) is 13.8 Å². The van der Waals surface area contributed by atoms with Crippen LogP contribution in [0.4, 0.5) is 0 Å². The van der Waals surface area contributed by atoms with Gasteiger partial charge in [-0.3, -0.25) is 13.6 Å². The Kier molecular flexibility index (Phi) is 10.1.